The van der Waals surface area contributed by atoms with Crippen LogP contribution in [0.2, 0.25) is 0 Å². The smallest absolute Gasteiger partial charge is 0.269 e. The summed E-state index contributed by atoms with van der Waals surface area (Å²) in [7, 11) is 1.65. The molecule has 2 aromatic carbocycles. The lowest BCUT2D eigenvalue weighted by Gasteiger charge is -2.22. The molecule has 2 aromatic heterocycles. The van der Waals surface area contributed by atoms with Gasteiger partial charge in [0.25, 0.3) is 5.91 Å². The molecule has 0 aliphatic heterocycles. The number of aryl methyl sites for hydroxylation is 1. The zero-order valence-electron chi connectivity index (χ0n) is 19.6. The standard InChI is InChI=1S/C26H29N5O2/c1-17-14-23(31(30-17)26(2,3)4)25(32)28-15-18-6-8-20(9-7-18)24-27-16-22(29-24)19-10-12-21(33-5)13-11-19/h6-14,16H,15H2,1-5H3,(H,27,29)(H,28,32). The Kier molecular flexibility index (Phi) is 6.05. The molecule has 170 valence electrons. The minimum atomic E-state index is -0.268. The zero-order valence-corrected chi connectivity index (χ0v) is 19.6. The number of carbonyl (C=O) groups is 1. The summed E-state index contributed by atoms with van der Waals surface area (Å²) < 4.78 is 6.99. The van der Waals surface area contributed by atoms with Crippen LogP contribution in [-0.2, 0) is 12.1 Å². The van der Waals surface area contributed by atoms with Crippen LogP contribution < -0.4 is 10.1 Å². The lowest BCUT2D eigenvalue weighted by molar-refractivity contribution is 0.0932. The van der Waals surface area contributed by atoms with E-state index in [9.17, 15) is 4.79 Å². The van der Waals surface area contributed by atoms with E-state index in [0.717, 1.165) is 39.7 Å². The summed E-state index contributed by atoms with van der Waals surface area (Å²) >= 11 is 0. The van der Waals surface area contributed by atoms with E-state index < -0.39 is 0 Å². The minimum Gasteiger partial charge on any atom is -0.497 e. The molecule has 0 atom stereocenters. The Balaban J connectivity index is 1.42. The highest BCUT2D eigenvalue weighted by atomic mass is 16.5. The van der Waals surface area contributed by atoms with Gasteiger partial charge in [-0.25, -0.2) is 4.98 Å². The number of aromatic amines is 1. The van der Waals surface area contributed by atoms with E-state index in [0.29, 0.717) is 12.2 Å². The third-order valence-electron chi connectivity index (χ3n) is 5.36. The second-order valence-electron chi connectivity index (χ2n) is 9.01. The maximum atomic E-state index is 12.8. The number of rotatable bonds is 6. The molecule has 0 spiro atoms. The minimum absolute atomic E-state index is 0.134. The molecule has 0 saturated heterocycles. The molecule has 0 fully saturated rings. The first-order valence-electron chi connectivity index (χ1n) is 10.9. The van der Waals surface area contributed by atoms with Crippen LogP contribution in [0.1, 0.15) is 42.5 Å². The van der Waals surface area contributed by atoms with Crippen molar-refractivity contribution < 1.29 is 9.53 Å². The average molecular weight is 444 g/mol. The quantitative estimate of drug-likeness (QED) is 0.442. The molecule has 33 heavy (non-hydrogen) atoms. The number of H-pyrrole nitrogens is 1. The fourth-order valence-corrected chi connectivity index (χ4v) is 3.61. The fourth-order valence-electron chi connectivity index (χ4n) is 3.61. The molecule has 2 heterocycles. The predicted molar refractivity (Wildman–Crippen MR) is 129 cm³/mol. The topological polar surface area (TPSA) is 84.8 Å². The largest absolute Gasteiger partial charge is 0.497 e. The second-order valence-corrected chi connectivity index (χ2v) is 9.01. The van der Waals surface area contributed by atoms with Gasteiger partial charge in [0.1, 0.15) is 17.3 Å². The highest BCUT2D eigenvalue weighted by Crippen LogP contribution is 2.24. The number of imidazole rings is 1. The molecule has 2 N–H and O–H groups in total. The number of nitrogens with one attached hydrogen (secondary N) is 2. The molecule has 7 heteroatoms. The highest BCUT2D eigenvalue weighted by Gasteiger charge is 2.22. The van der Waals surface area contributed by atoms with Crippen molar-refractivity contribution in [2.45, 2.75) is 39.8 Å². The van der Waals surface area contributed by atoms with E-state index in [-0.39, 0.29) is 11.4 Å². The van der Waals surface area contributed by atoms with Gasteiger partial charge in [-0.05, 0) is 69.2 Å². The van der Waals surface area contributed by atoms with Crippen LogP contribution >= 0.6 is 0 Å². The van der Waals surface area contributed by atoms with Crippen LogP contribution in [0.25, 0.3) is 22.6 Å². The molecule has 0 unspecified atom stereocenters. The van der Waals surface area contributed by atoms with Crippen molar-refractivity contribution in [2.75, 3.05) is 7.11 Å². The van der Waals surface area contributed by atoms with Crippen LogP contribution in [-0.4, -0.2) is 32.8 Å². The van der Waals surface area contributed by atoms with E-state index in [1.54, 1.807) is 11.8 Å². The zero-order chi connectivity index (χ0) is 23.6. The van der Waals surface area contributed by atoms with Crippen LogP contribution in [0.5, 0.6) is 5.75 Å². The van der Waals surface area contributed by atoms with Crippen LogP contribution in [0.15, 0.2) is 60.8 Å². The molecule has 0 bridgehead atoms. The van der Waals surface area contributed by atoms with Gasteiger partial charge in [-0.3, -0.25) is 9.48 Å². The normalized spacial score (nSPS) is 11.4. The van der Waals surface area contributed by atoms with E-state index in [1.165, 1.54) is 0 Å². The fraction of sp³-hybridized carbons (Fsp3) is 0.269. The van der Waals surface area contributed by atoms with E-state index in [4.69, 9.17) is 4.74 Å². The van der Waals surface area contributed by atoms with Gasteiger partial charge in [-0.1, -0.05) is 24.3 Å². The number of amides is 1. The molecular weight excluding hydrogens is 414 g/mol. The molecule has 0 radical (unpaired) electrons. The van der Waals surface area contributed by atoms with Gasteiger partial charge >= 0.3 is 0 Å². The van der Waals surface area contributed by atoms with Crippen molar-refractivity contribution in [3.8, 4) is 28.4 Å². The summed E-state index contributed by atoms with van der Waals surface area (Å²) in [6.45, 7) is 8.42. The molecular formula is C26H29N5O2. The van der Waals surface area contributed by atoms with Crippen molar-refractivity contribution in [2.24, 2.45) is 0 Å². The third-order valence-corrected chi connectivity index (χ3v) is 5.36. The predicted octanol–water partition coefficient (Wildman–Crippen LogP) is 4.94. The monoisotopic (exact) mass is 443 g/mol. The van der Waals surface area contributed by atoms with Crippen molar-refractivity contribution >= 4 is 5.91 Å². The maximum absolute atomic E-state index is 12.8. The first-order valence-corrected chi connectivity index (χ1v) is 10.9. The number of methoxy groups -OCH3 is 1. The molecule has 0 saturated carbocycles. The summed E-state index contributed by atoms with van der Waals surface area (Å²) in [6, 6.07) is 17.7. The highest BCUT2D eigenvalue weighted by molar-refractivity contribution is 5.92. The van der Waals surface area contributed by atoms with Gasteiger partial charge < -0.3 is 15.0 Å². The number of ether oxygens (including phenoxy) is 1. The molecule has 4 aromatic rings. The summed E-state index contributed by atoms with van der Waals surface area (Å²) in [5, 5.41) is 7.48. The summed E-state index contributed by atoms with van der Waals surface area (Å²) in [6.07, 6.45) is 1.83. The van der Waals surface area contributed by atoms with Crippen LogP contribution in [0, 0.1) is 6.92 Å². The van der Waals surface area contributed by atoms with E-state index in [2.05, 4.69) is 20.4 Å². The van der Waals surface area contributed by atoms with Crippen LogP contribution in [0.3, 0.4) is 0 Å². The number of aromatic nitrogens is 4. The van der Waals surface area contributed by atoms with Crippen molar-refractivity contribution in [3.05, 3.63) is 77.7 Å². The second kappa shape index (κ2) is 8.94. The van der Waals surface area contributed by atoms with E-state index >= 15 is 0 Å². The third kappa shape index (κ3) is 4.98. The first kappa shape index (κ1) is 22.3. The molecule has 0 aliphatic carbocycles. The molecule has 0 aliphatic rings. The van der Waals surface area contributed by atoms with Gasteiger partial charge in [-0.15, -0.1) is 0 Å². The van der Waals surface area contributed by atoms with Crippen molar-refractivity contribution in [3.63, 3.8) is 0 Å². The lowest BCUT2D eigenvalue weighted by Crippen LogP contribution is -2.32. The first-order chi connectivity index (χ1) is 15.7. The van der Waals surface area contributed by atoms with Gasteiger partial charge in [0.05, 0.1) is 30.2 Å². The SMILES string of the molecule is COc1ccc(-c2cnc(-c3ccc(CNC(=O)c4cc(C)nn4C(C)(C)C)cc3)[nH]2)cc1. The number of hydrogen-bond acceptors (Lipinski definition) is 4. The summed E-state index contributed by atoms with van der Waals surface area (Å²) in [4.78, 5) is 20.7. The van der Waals surface area contributed by atoms with E-state index in [1.807, 2.05) is 88.5 Å². The molecule has 7 nitrogen and oxygen atoms in total. The van der Waals surface area contributed by atoms with Gasteiger partial charge in [0.2, 0.25) is 0 Å². The van der Waals surface area contributed by atoms with Gasteiger partial charge in [0, 0.05) is 12.1 Å². The number of nitrogens with zero attached hydrogens (tertiary/aromatic N) is 3. The Morgan fingerprint density at radius 3 is 2.36 bits per heavy atom. The Morgan fingerprint density at radius 1 is 1.06 bits per heavy atom. The summed E-state index contributed by atoms with van der Waals surface area (Å²) in [5.74, 6) is 1.48. The Labute approximate surface area is 193 Å². The molecule has 4 rings (SSSR count). The Bertz CT molecular complexity index is 1250. The van der Waals surface area contributed by atoms with Crippen molar-refractivity contribution in [1.82, 2.24) is 25.1 Å². The number of hydrogen-bond donors (Lipinski definition) is 2. The number of carbonyl (C=O) groups excluding carboxylic acids is 1. The summed E-state index contributed by atoms with van der Waals surface area (Å²) in [5.41, 5.74) is 5.09. The Hall–Kier alpha value is -3.87. The lowest BCUT2D eigenvalue weighted by atomic mass is 10.1. The average Bonchev–Trinajstić information content (AvgIpc) is 3.45. The van der Waals surface area contributed by atoms with Crippen LogP contribution in [0.4, 0.5) is 0 Å². The Morgan fingerprint density at radius 2 is 1.73 bits per heavy atom. The van der Waals surface area contributed by atoms with Gasteiger partial charge in [-0.2, -0.15) is 5.10 Å². The van der Waals surface area contributed by atoms with Crippen molar-refractivity contribution in [1.29, 1.82) is 0 Å². The molecule has 1 amide bonds. The van der Waals surface area contributed by atoms with Gasteiger partial charge in [0.15, 0.2) is 0 Å². The maximum Gasteiger partial charge on any atom is 0.269 e. The number of benzene rings is 2.